The first-order valence-corrected chi connectivity index (χ1v) is 10.4. The Morgan fingerprint density at radius 2 is 1.78 bits per heavy atom. The molecule has 2 heterocycles. The monoisotopic (exact) mass is 431 g/mol. The SMILES string of the molecule is COc1ccc(/C(O)=C2\C(=O)C(=O)N(CCCn3ccnc3)C2c2ccc(C)cc2)cc1. The number of ketones is 1. The largest absolute Gasteiger partial charge is 0.507 e. The predicted molar refractivity (Wildman–Crippen MR) is 120 cm³/mol. The molecule has 1 aliphatic rings. The Kier molecular flexibility index (Phi) is 6.07. The van der Waals surface area contributed by atoms with Gasteiger partial charge in [0.1, 0.15) is 11.5 Å². The fraction of sp³-hybridized carbons (Fsp3) is 0.240. The van der Waals surface area contributed by atoms with Crippen molar-refractivity contribution in [1.82, 2.24) is 14.5 Å². The van der Waals surface area contributed by atoms with Crippen molar-refractivity contribution >= 4 is 17.4 Å². The standard InChI is InChI=1S/C25H25N3O4/c1-17-4-6-18(7-5-17)22-21(23(29)19-8-10-20(32-2)11-9-19)24(30)25(31)28(22)14-3-13-27-15-12-26-16-27/h4-12,15-16,22,29H,3,13-14H2,1-2H3/b23-21+. The second kappa shape index (κ2) is 9.09. The van der Waals surface area contributed by atoms with Crippen molar-refractivity contribution in [3.05, 3.63) is 89.5 Å². The minimum absolute atomic E-state index is 0.103. The second-order valence-corrected chi connectivity index (χ2v) is 7.79. The number of carbonyl (C=O) groups excluding carboxylic acids is 2. The number of carbonyl (C=O) groups is 2. The van der Waals surface area contributed by atoms with Gasteiger partial charge in [-0.25, -0.2) is 4.98 Å². The van der Waals surface area contributed by atoms with Gasteiger partial charge in [0, 0.05) is 31.0 Å². The van der Waals surface area contributed by atoms with E-state index in [0.29, 0.717) is 30.8 Å². The summed E-state index contributed by atoms with van der Waals surface area (Å²) < 4.78 is 7.10. The predicted octanol–water partition coefficient (Wildman–Crippen LogP) is 3.71. The van der Waals surface area contributed by atoms with Gasteiger partial charge in [0.05, 0.1) is 25.1 Å². The van der Waals surface area contributed by atoms with Crippen LogP contribution >= 0.6 is 0 Å². The van der Waals surface area contributed by atoms with E-state index in [4.69, 9.17) is 4.74 Å². The fourth-order valence-electron chi connectivity index (χ4n) is 3.95. The summed E-state index contributed by atoms with van der Waals surface area (Å²) in [5.41, 5.74) is 2.42. The Morgan fingerprint density at radius 1 is 1.06 bits per heavy atom. The molecule has 1 aliphatic heterocycles. The molecule has 1 unspecified atom stereocenters. The summed E-state index contributed by atoms with van der Waals surface area (Å²) in [5, 5.41) is 11.1. The lowest BCUT2D eigenvalue weighted by Gasteiger charge is -2.25. The third-order valence-corrected chi connectivity index (χ3v) is 5.67. The minimum Gasteiger partial charge on any atom is -0.507 e. The molecule has 1 atom stereocenters. The third kappa shape index (κ3) is 4.14. The van der Waals surface area contributed by atoms with Crippen molar-refractivity contribution in [2.24, 2.45) is 0 Å². The summed E-state index contributed by atoms with van der Waals surface area (Å²) in [4.78, 5) is 31.6. The van der Waals surface area contributed by atoms with Crippen LogP contribution in [0.25, 0.3) is 5.76 Å². The number of Topliss-reactive ketones (excluding diaryl/α,β-unsaturated/α-hetero) is 1. The smallest absolute Gasteiger partial charge is 0.295 e. The first-order valence-electron chi connectivity index (χ1n) is 10.4. The molecule has 4 rings (SSSR count). The number of amides is 1. The zero-order valence-corrected chi connectivity index (χ0v) is 18.1. The van der Waals surface area contributed by atoms with Crippen LogP contribution in [0.15, 0.2) is 72.8 Å². The summed E-state index contributed by atoms with van der Waals surface area (Å²) in [6.07, 6.45) is 5.92. The average Bonchev–Trinajstić information content (AvgIpc) is 3.41. The highest BCUT2D eigenvalue weighted by Gasteiger charge is 2.45. The number of imidazole rings is 1. The van der Waals surface area contributed by atoms with Gasteiger partial charge in [-0.2, -0.15) is 0 Å². The molecule has 32 heavy (non-hydrogen) atoms. The number of aliphatic hydroxyl groups excluding tert-OH is 1. The third-order valence-electron chi connectivity index (χ3n) is 5.67. The quantitative estimate of drug-likeness (QED) is 0.350. The van der Waals surface area contributed by atoms with E-state index in [-0.39, 0.29) is 11.3 Å². The molecule has 1 saturated heterocycles. The van der Waals surface area contributed by atoms with E-state index in [0.717, 1.165) is 11.1 Å². The maximum Gasteiger partial charge on any atom is 0.295 e. The van der Waals surface area contributed by atoms with Crippen molar-refractivity contribution in [2.75, 3.05) is 13.7 Å². The first-order chi connectivity index (χ1) is 15.5. The van der Waals surface area contributed by atoms with Crippen LogP contribution in [0.3, 0.4) is 0 Å². The van der Waals surface area contributed by atoms with Gasteiger partial charge in [-0.05, 0) is 43.2 Å². The number of likely N-dealkylation sites (tertiary alicyclic amines) is 1. The summed E-state index contributed by atoms with van der Waals surface area (Å²) in [7, 11) is 1.56. The van der Waals surface area contributed by atoms with Gasteiger partial charge in [-0.1, -0.05) is 29.8 Å². The molecule has 0 aliphatic carbocycles. The van der Waals surface area contributed by atoms with Gasteiger partial charge in [-0.3, -0.25) is 9.59 Å². The number of hydrogen-bond acceptors (Lipinski definition) is 5. The summed E-state index contributed by atoms with van der Waals surface area (Å²) in [6.45, 7) is 3.02. The molecule has 1 amide bonds. The Hall–Kier alpha value is -3.87. The van der Waals surface area contributed by atoms with E-state index in [2.05, 4.69) is 4.98 Å². The van der Waals surface area contributed by atoms with E-state index in [1.807, 2.05) is 42.0 Å². The molecular weight excluding hydrogens is 406 g/mol. The number of aryl methyl sites for hydroxylation is 2. The zero-order chi connectivity index (χ0) is 22.7. The Bertz CT molecular complexity index is 1130. The summed E-state index contributed by atoms with van der Waals surface area (Å²) in [6, 6.07) is 13.8. The van der Waals surface area contributed by atoms with Gasteiger partial charge in [-0.15, -0.1) is 0 Å². The van der Waals surface area contributed by atoms with Crippen LogP contribution in [0.4, 0.5) is 0 Å². The molecule has 1 N–H and O–H groups in total. The number of ether oxygens (including phenoxy) is 1. The molecule has 0 saturated carbocycles. The number of aromatic nitrogens is 2. The lowest BCUT2D eigenvalue weighted by atomic mass is 9.94. The number of methoxy groups -OCH3 is 1. The van der Waals surface area contributed by atoms with Gasteiger partial charge < -0.3 is 19.3 Å². The minimum atomic E-state index is -0.675. The Morgan fingerprint density at radius 3 is 2.41 bits per heavy atom. The van der Waals surface area contributed by atoms with Crippen LogP contribution in [-0.2, 0) is 16.1 Å². The van der Waals surface area contributed by atoms with Crippen molar-refractivity contribution in [2.45, 2.75) is 25.9 Å². The van der Waals surface area contributed by atoms with Gasteiger partial charge in [0.25, 0.3) is 11.7 Å². The van der Waals surface area contributed by atoms with Crippen LogP contribution in [0.5, 0.6) is 5.75 Å². The Labute approximate surface area is 186 Å². The van der Waals surface area contributed by atoms with Crippen LogP contribution in [0, 0.1) is 6.92 Å². The van der Waals surface area contributed by atoms with E-state index in [1.165, 1.54) is 0 Å². The molecule has 3 aromatic rings. The normalized spacial score (nSPS) is 17.7. The molecule has 164 valence electrons. The molecule has 0 bridgehead atoms. The maximum atomic E-state index is 13.0. The molecule has 7 heteroatoms. The molecule has 1 aromatic heterocycles. The van der Waals surface area contributed by atoms with E-state index in [9.17, 15) is 14.7 Å². The van der Waals surface area contributed by atoms with Gasteiger partial charge in [0.2, 0.25) is 0 Å². The highest BCUT2D eigenvalue weighted by molar-refractivity contribution is 6.46. The molecular formula is C25H25N3O4. The first kappa shape index (κ1) is 21.4. The Balaban J connectivity index is 1.71. The molecule has 0 radical (unpaired) electrons. The summed E-state index contributed by atoms with van der Waals surface area (Å²) in [5.74, 6) is -0.826. The fourth-order valence-corrected chi connectivity index (χ4v) is 3.95. The van der Waals surface area contributed by atoms with Crippen molar-refractivity contribution in [3.63, 3.8) is 0 Å². The van der Waals surface area contributed by atoms with Crippen LogP contribution in [0.1, 0.15) is 29.2 Å². The zero-order valence-electron chi connectivity index (χ0n) is 18.1. The maximum absolute atomic E-state index is 13.0. The van der Waals surface area contributed by atoms with Crippen molar-refractivity contribution in [1.29, 1.82) is 0 Å². The lowest BCUT2D eigenvalue weighted by Crippen LogP contribution is -2.31. The number of aliphatic hydroxyl groups is 1. The van der Waals surface area contributed by atoms with Gasteiger partial charge >= 0.3 is 0 Å². The second-order valence-electron chi connectivity index (χ2n) is 7.79. The number of benzene rings is 2. The summed E-state index contributed by atoms with van der Waals surface area (Å²) >= 11 is 0. The highest BCUT2D eigenvalue weighted by atomic mass is 16.5. The highest BCUT2D eigenvalue weighted by Crippen LogP contribution is 2.39. The van der Waals surface area contributed by atoms with Crippen LogP contribution in [0.2, 0.25) is 0 Å². The number of nitrogens with zero attached hydrogens (tertiary/aromatic N) is 3. The molecule has 0 spiro atoms. The molecule has 7 nitrogen and oxygen atoms in total. The van der Waals surface area contributed by atoms with Crippen molar-refractivity contribution in [3.8, 4) is 5.75 Å². The van der Waals surface area contributed by atoms with Crippen LogP contribution in [-0.4, -0.2) is 44.9 Å². The number of hydrogen-bond donors (Lipinski definition) is 1. The van der Waals surface area contributed by atoms with Crippen molar-refractivity contribution < 1.29 is 19.4 Å². The molecule has 2 aromatic carbocycles. The number of rotatable bonds is 7. The van der Waals surface area contributed by atoms with E-state index >= 15 is 0 Å². The molecule has 1 fully saturated rings. The average molecular weight is 431 g/mol. The topological polar surface area (TPSA) is 84.7 Å². The van der Waals surface area contributed by atoms with Crippen LogP contribution < -0.4 is 4.74 Å². The van der Waals surface area contributed by atoms with E-state index < -0.39 is 17.7 Å². The van der Waals surface area contributed by atoms with Gasteiger partial charge in [0.15, 0.2) is 0 Å². The lowest BCUT2D eigenvalue weighted by molar-refractivity contribution is -0.139. The van der Waals surface area contributed by atoms with E-state index in [1.54, 1.807) is 48.8 Å².